The zero-order valence-electron chi connectivity index (χ0n) is 16.9. The summed E-state index contributed by atoms with van der Waals surface area (Å²) in [5.41, 5.74) is 3.76. The smallest absolute Gasteiger partial charge is 0.329 e. The lowest BCUT2D eigenvalue weighted by Crippen LogP contribution is -2.36. The number of carboxylic acids is 1. The Bertz CT molecular complexity index is 689. The average molecular weight is 385 g/mol. The molecule has 0 radical (unpaired) electrons. The Morgan fingerprint density at radius 2 is 1.71 bits per heavy atom. The molecule has 0 fully saturated rings. The molecule has 2 aromatic carbocycles. The van der Waals surface area contributed by atoms with E-state index in [0.717, 1.165) is 32.6 Å². The first kappa shape index (κ1) is 22.1. The van der Waals surface area contributed by atoms with Gasteiger partial charge in [-0.2, -0.15) is 0 Å². The van der Waals surface area contributed by atoms with Crippen LogP contribution in [0, 0.1) is 6.92 Å². The molecule has 152 valence electrons. The highest BCUT2D eigenvalue weighted by Crippen LogP contribution is 2.22. The molecule has 5 nitrogen and oxygen atoms in total. The number of benzene rings is 2. The molecule has 0 aliphatic heterocycles. The summed E-state index contributed by atoms with van der Waals surface area (Å²) in [4.78, 5) is 12.9. The molecule has 0 aliphatic rings. The maximum atomic E-state index is 10.6. The van der Waals surface area contributed by atoms with Gasteiger partial charge in [0.25, 0.3) is 0 Å². The van der Waals surface area contributed by atoms with E-state index in [4.69, 9.17) is 9.84 Å². The largest absolute Gasteiger partial charge is 0.480 e. The molecule has 0 aromatic heterocycles. The van der Waals surface area contributed by atoms with Crippen molar-refractivity contribution >= 4 is 5.97 Å². The van der Waals surface area contributed by atoms with Crippen LogP contribution in [0.4, 0.5) is 0 Å². The molecular weight excluding hydrogens is 352 g/mol. The van der Waals surface area contributed by atoms with Crippen LogP contribution in [-0.4, -0.2) is 55.4 Å². The van der Waals surface area contributed by atoms with E-state index in [2.05, 4.69) is 72.6 Å². The number of rotatable bonds is 13. The lowest BCUT2D eigenvalue weighted by molar-refractivity contribution is -0.142. The van der Waals surface area contributed by atoms with Crippen LogP contribution in [0.1, 0.15) is 36.1 Å². The molecule has 0 saturated carbocycles. The van der Waals surface area contributed by atoms with Crippen LogP contribution in [-0.2, 0) is 9.53 Å². The zero-order chi connectivity index (χ0) is 20.2. The zero-order valence-corrected chi connectivity index (χ0v) is 16.9. The molecule has 0 spiro atoms. The Balaban J connectivity index is 1.93. The van der Waals surface area contributed by atoms with Gasteiger partial charge in [-0.15, -0.1) is 0 Å². The van der Waals surface area contributed by atoms with Gasteiger partial charge in [-0.3, -0.25) is 4.90 Å². The molecule has 0 bridgehead atoms. The topological polar surface area (TPSA) is 61.8 Å². The molecule has 0 amide bonds. The highest BCUT2D eigenvalue weighted by molar-refractivity contribution is 5.67. The number of aliphatic carboxylic acids is 1. The van der Waals surface area contributed by atoms with Crippen molar-refractivity contribution in [1.29, 1.82) is 0 Å². The van der Waals surface area contributed by atoms with Gasteiger partial charge in [-0.1, -0.05) is 67.1 Å². The van der Waals surface area contributed by atoms with Crippen LogP contribution in [0.3, 0.4) is 0 Å². The fourth-order valence-electron chi connectivity index (χ4n) is 3.20. The van der Waals surface area contributed by atoms with Crippen LogP contribution in [0.15, 0.2) is 54.6 Å². The Kier molecular flexibility index (Phi) is 9.69. The third-order valence-corrected chi connectivity index (χ3v) is 4.64. The summed E-state index contributed by atoms with van der Waals surface area (Å²) in [6, 6.07) is 19.3. The van der Waals surface area contributed by atoms with Gasteiger partial charge in [0.2, 0.25) is 0 Å². The van der Waals surface area contributed by atoms with E-state index in [-0.39, 0.29) is 12.6 Å². The minimum atomic E-state index is -0.924. The van der Waals surface area contributed by atoms with E-state index in [1.807, 2.05) is 6.07 Å². The number of nitrogens with zero attached hydrogens (tertiary/aromatic N) is 1. The fourth-order valence-corrected chi connectivity index (χ4v) is 3.20. The van der Waals surface area contributed by atoms with E-state index in [1.165, 1.54) is 16.7 Å². The van der Waals surface area contributed by atoms with Gasteiger partial charge in [0, 0.05) is 19.6 Å². The third-order valence-electron chi connectivity index (χ3n) is 4.64. The lowest BCUT2D eigenvalue weighted by atomic mass is 9.98. The van der Waals surface area contributed by atoms with E-state index in [1.54, 1.807) is 0 Å². The summed E-state index contributed by atoms with van der Waals surface area (Å²) in [6.07, 6.45) is 1.05. The van der Waals surface area contributed by atoms with Crippen LogP contribution in [0.25, 0.3) is 0 Å². The van der Waals surface area contributed by atoms with Gasteiger partial charge in [0.1, 0.15) is 6.61 Å². The average Bonchev–Trinajstić information content (AvgIpc) is 2.70. The monoisotopic (exact) mass is 384 g/mol. The van der Waals surface area contributed by atoms with E-state index >= 15 is 0 Å². The van der Waals surface area contributed by atoms with E-state index in [0.29, 0.717) is 6.61 Å². The normalized spacial score (nSPS) is 12.2. The van der Waals surface area contributed by atoms with Gasteiger partial charge >= 0.3 is 5.97 Å². The molecule has 0 saturated heterocycles. The highest BCUT2D eigenvalue weighted by atomic mass is 16.5. The van der Waals surface area contributed by atoms with Crippen molar-refractivity contribution in [2.75, 3.05) is 39.4 Å². The lowest BCUT2D eigenvalue weighted by Gasteiger charge is -2.25. The van der Waals surface area contributed by atoms with E-state index in [9.17, 15) is 4.79 Å². The SMILES string of the molecule is CCCN(CCN[C@@H](c1ccccc1)c1ccc(C)cc1)CCOCC(=O)O. The Labute approximate surface area is 168 Å². The predicted molar refractivity (Wildman–Crippen MR) is 113 cm³/mol. The summed E-state index contributed by atoms with van der Waals surface area (Å²) in [5.74, 6) is -0.924. The standard InChI is InChI=1S/C23H32N2O3/c1-3-14-25(16-17-28-18-22(26)27)15-13-24-23(20-7-5-4-6-8-20)21-11-9-19(2)10-12-21/h4-12,23-24H,3,13-18H2,1-2H3,(H,26,27)/t23-/m0/s1. The summed E-state index contributed by atoms with van der Waals surface area (Å²) >= 11 is 0. The second kappa shape index (κ2) is 12.3. The number of hydrogen-bond donors (Lipinski definition) is 2. The number of aryl methyl sites for hydroxylation is 1. The van der Waals surface area contributed by atoms with Crippen molar-refractivity contribution in [1.82, 2.24) is 10.2 Å². The second-order valence-corrected chi connectivity index (χ2v) is 7.00. The van der Waals surface area contributed by atoms with E-state index < -0.39 is 5.97 Å². The first-order valence-electron chi connectivity index (χ1n) is 9.97. The fraction of sp³-hybridized carbons (Fsp3) is 0.435. The van der Waals surface area contributed by atoms with Crippen LogP contribution < -0.4 is 5.32 Å². The van der Waals surface area contributed by atoms with Crippen LogP contribution >= 0.6 is 0 Å². The second-order valence-electron chi connectivity index (χ2n) is 7.00. The molecule has 2 rings (SSSR count). The minimum Gasteiger partial charge on any atom is -0.480 e. The molecular formula is C23H32N2O3. The Hall–Kier alpha value is -2.21. The Morgan fingerprint density at radius 3 is 2.36 bits per heavy atom. The molecule has 2 N–H and O–H groups in total. The third kappa shape index (κ3) is 7.80. The van der Waals surface area contributed by atoms with Crippen molar-refractivity contribution in [3.8, 4) is 0 Å². The van der Waals surface area contributed by atoms with Crippen LogP contribution in [0.2, 0.25) is 0 Å². The number of ether oxygens (including phenoxy) is 1. The molecule has 0 aliphatic carbocycles. The van der Waals surface area contributed by atoms with Gasteiger partial charge in [0.05, 0.1) is 12.6 Å². The van der Waals surface area contributed by atoms with Crippen molar-refractivity contribution in [2.45, 2.75) is 26.3 Å². The van der Waals surface area contributed by atoms with Gasteiger partial charge in [-0.05, 0) is 31.0 Å². The van der Waals surface area contributed by atoms with Crippen molar-refractivity contribution in [2.24, 2.45) is 0 Å². The van der Waals surface area contributed by atoms with Crippen molar-refractivity contribution in [3.63, 3.8) is 0 Å². The molecule has 2 aromatic rings. The van der Waals surface area contributed by atoms with Crippen LogP contribution in [0.5, 0.6) is 0 Å². The summed E-state index contributed by atoms with van der Waals surface area (Å²) in [5, 5.41) is 12.4. The number of nitrogens with one attached hydrogen (secondary N) is 1. The first-order valence-corrected chi connectivity index (χ1v) is 9.97. The first-order chi connectivity index (χ1) is 13.6. The van der Waals surface area contributed by atoms with Gasteiger partial charge in [-0.25, -0.2) is 4.79 Å². The van der Waals surface area contributed by atoms with Crippen molar-refractivity contribution in [3.05, 3.63) is 71.3 Å². The summed E-state index contributed by atoms with van der Waals surface area (Å²) in [6.45, 7) is 7.89. The molecule has 0 heterocycles. The maximum Gasteiger partial charge on any atom is 0.329 e. The molecule has 1 atom stereocenters. The maximum absolute atomic E-state index is 10.6. The quantitative estimate of drug-likeness (QED) is 0.518. The van der Waals surface area contributed by atoms with Gasteiger partial charge < -0.3 is 15.2 Å². The molecule has 5 heteroatoms. The number of hydrogen-bond acceptors (Lipinski definition) is 4. The molecule has 0 unspecified atom stereocenters. The highest BCUT2D eigenvalue weighted by Gasteiger charge is 2.14. The number of carboxylic acid groups (broad SMARTS) is 1. The number of carbonyl (C=O) groups is 1. The predicted octanol–water partition coefficient (Wildman–Crippen LogP) is 3.49. The van der Waals surface area contributed by atoms with Crippen molar-refractivity contribution < 1.29 is 14.6 Å². The Morgan fingerprint density at radius 1 is 1.04 bits per heavy atom. The molecule has 28 heavy (non-hydrogen) atoms. The summed E-state index contributed by atoms with van der Waals surface area (Å²) < 4.78 is 5.19. The minimum absolute atomic E-state index is 0.147. The summed E-state index contributed by atoms with van der Waals surface area (Å²) in [7, 11) is 0. The van der Waals surface area contributed by atoms with Gasteiger partial charge in [0.15, 0.2) is 0 Å².